The normalized spacial score (nSPS) is 23.6. The molecular weight excluding hydrogens is 208 g/mol. The summed E-state index contributed by atoms with van der Waals surface area (Å²) in [6, 6.07) is 5.57. The van der Waals surface area contributed by atoms with Crippen LogP contribution < -0.4 is 4.74 Å². The molecule has 1 aromatic rings. The molecule has 0 saturated carbocycles. The van der Waals surface area contributed by atoms with Crippen LogP contribution in [0.3, 0.4) is 0 Å². The molecule has 1 aromatic carbocycles. The second-order valence-corrected chi connectivity index (χ2v) is 4.15. The van der Waals surface area contributed by atoms with Crippen LogP contribution in [0.2, 0.25) is 0 Å². The van der Waals surface area contributed by atoms with Gasteiger partial charge in [-0.25, -0.2) is 4.79 Å². The number of carboxylic acid groups (broad SMARTS) is 1. The fraction of sp³-hybridized carbons (Fsp3) is 0.417. The van der Waals surface area contributed by atoms with E-state index in [4.69, 9.17) is 9.84 Å². The van der Waals surface area contributed by atoms with Gasteiger partial charge in [0, 0.05) is 6.42 Å². The number of fused-ring (bicyclic) bond motifs is 1. The van der Waals surface area contributed by atoms with Crippen molar-refractivity contribution >= 4 is 5.97 Å². The summed E-state index contributed by atoms with van der Waals surface area (Å²) in [6.07, 6.45) is 0.999. The van der Waals surface area contributed by atoms with Crippen LogP contribution in [0.25, 0.3) is 0 Å². The summed E-state index contributed by atoms with van der Waals surface area (Å²) in [6.45, 7) is 0. The summed E-state index contributed by atoms with van der Waals surface area (Å²) in [7, 11) is 1.56. The molecule has 2 N–H and O–H groups in total. The molecule has 4 heteroatoms. The lowest BCUT2D eigenvalue weighted by molar-refractivity contribution is -0.159. The number of aryl methyl sites for hydroxylation is 1. The fourth-order valence-corrected chi connectivity index (χ4v) is 2.07. The standard InChI is InChI=1S/C12H14O4/c1-16-10-3-2-8-4-5-12(15,11(13)14)7-9(8)6-10/h2-3,6,15H,4-5,7H2,1H3,(H,13,14)/t12-/m1/s1. The van der Waals surface area contributed by atoms with Gasteiger partial charge in [0.1, 0.15) is 5.75 Å². The van der Waals surface area contributed by atoms with Gasteiger partial charge in [-0.2, -0.15) is 0 Å². The average molecular weight is 222 g/mol. The predicted octanol–water partition coefficient (Wildman–Crippen LogP) is 1.000. The molecule has 0 aliphatic heterocycles. The monoisotopic (exact) mass is 222 g/mol. The van der Waals surface area contributed by atoms with Crippen LogP contribution in [0.1, 0.15) is 17.5 Å². The summed E-state index contributed by atoms with van der Waals surface area (Å²) in [4.78, 5) is 11.0. The maximum atomic E-state index is 11.0. The molecule has 0 spiro atoms. The number of hydrogen-bond acceptors (Lipinski definition) is 3. The van der Waals surface area contributed by atoms with E-state index in [1.807, 2.05) is 12.1 Å². The number of hydrogen-bond donors (Lipinski definition) is 2. The molecular formula is C12H14O4. The van der Waals surface area contributed by atoms with E-state index in [1.54, 1.807) is 13.2 Å². The third-order valence-electron chi connectivity index (χ3n) is 3.10. The fourth-order valence-electron chi connectivity index (χ4n) is 2.07. The van der Waals surface area contributed by atoms with Crippen LogP contribution in [-0.2, 0) is 17.6 Å². The minimum atomic E-state index is -1.63. The molecule has 0 aromatic heterocycles. The minimum Gasteiger partial charge on any atom is -0.497 e. The van der Waals surface area contributed by atoms with Crippen LogP contribution in [-0.4, -0.2) is 28.9 Å². The van der Waals surface area contributed by atoms with Crippen molar-refractivity contribution in [3.05, 3.63) is 29.3 Å². The summed E-state index contributed by atoms with van der Waals surface area (Å²) in [5, 5.41) is 18.9. The summed E-state index contributed by atoms with van der Waals surface area (Å²) in [5.41, 5.74) is 0.321. The zero-order valence-electron chi connectivity index (χ0n) is 9.06. The van der Waals surface area contributed by atoms with Crippen molar-refractivity contribution in [1.82, 2.24) is 0 Å². The number of carboxylic acids is 1. The molecule has 2 rings (SSSR count). The molecule has 1 atom stereocenters. The molecule has 1 aliphatic rings. The van der Waals surface area contributed by atoms with Crippen molar-refractivity contribution < 1.29 is 19.7 Å². The van der Waals surface area contributed by atoms with E-state index < -0.39 is 11.6 Å². The highest BCUT2D eigenvalue weighted by Crippen LogP contribution is 2.31. The second-order valence-electron chi connectivity index (χ2n) is 4.15. The Morgan fingerprint density at radius 3 is 2.81 bits per heavy atom. The molecule has 4 nitrogen and oxygen atoms in total. The van der Waals surface area contributed by atoms with Gasteiger partial charge in [0.15, 0.2) is 5.60 Å². The van der Waals surface area contributed by atoms with Gasteiger partial charge in [-0.05, 0) is 36.1 Å². The number of aliphatic hydroxyl groups is 1. The molecule has 0 bridgehead atoms. The number of carbonyl (C=O) groups is 1. The zero-order chi connectivity index (χ0) is 11.8. The van der Waals surface area contributed by atoms with Crippen molar-refractivity contribution in [1.29, 1.82) is 0 Å². The van der Waals surface area contributed by atoms with E-state index in [0.29, 0.717) is 12.2 Å². The van der Waals surface area contributed by atoms with E-state index in [1.165, 1.54) is 0 Å². The number of ether oxygens (including phenoxy) is 1. The second kappa shape index (κ2) is 3.79. The first-order valence-electron chi connectivity index (χ1n) is 5.17. The first-order valence-corrected chi connectivity index (χ1v) is 5.17. The predicted molar refractivity (Wildman–Crippen MR) is 57.6 cm³/mol. The number of aliphatic carboxylic acids is 1. The van der Waals surface area contributed by atoms with Crippen molar-refractivity contribution in [2.45, 2.75) is 24.9 Å². The highest BCUT2D eigenvalue weighted by Gasteiger charge is 2.39. The lowest BCUT2D eigenvalue weighted by Gasteiger charge is -2.29. The van der Waals surface area contributed by atoms with Crippen LogP contribution in [0.5, 0.6) is 5.75 Å². The molecule has 0 unspecified atom stereocenters. The molecule has 0 fully saturated rings. The molecule has 0 saturated heterocycles. The summed E-state index contributed by atoms with van der Waals surface area (Å²) >= 11 is 0. The Kier molecular flexibility index (Phi) is 2.59. The highest BCUT2D eigenvalue weighted by molar-refractivity contribution is 5.78. The van der Waals surface area contributed by atoms with Crippen molar-refractivity contribution in [2.75, 3.05) is 7.11 Å². The van der Waals surface area contributed by atoms with Crippen LogP contribution >= 0.6 is 0 Å². The van der Waals surface area contributed by atoms with Crippen LogP contribution in [0.4, 0.5) is 0 Å². The Labute approximate surface area is 93.5 Å². The maximum absolute atomic E-state index is 11.0. The SMILES string of the molecule is COc1ccc2c(c1)C[C@@](O)(C(=O)O)CC2. The van der Waals surface area contributed by atoms with E-state index in [-0.39, 0.29) is 12.8 Å². The third kappa shape index (κ3) is 1.76. The van der Waals surface area contributed by atoms with E-state index in [2.05, 4.69) is 0 Å². The molecule has 0 amide bonds. The van der Waals surface area contributed by atoms with Gasteiger partial charge in [0.05, 0.1) is 7.11 Å². The number of methoxy groups -OCH3 is 1. The average Bonchev–Trinajstić information content (AvgIpc) is 2.27. The van der Waals surface area contributed by atoms with Gasteiger partial charge in [0.25, 0.3) is 0 Å². The Morgan fingerprint density at radius 2 is 2.19 bits per heavy atom. The van der Waals surface area contributed by atoms with Gasteiger partial charge in [-0.1, -0.05) is 6.07 Å². The third-order valence-corrected chi connectivity index (χ3v) is 3.10. The zero-order valence-corrected chi connectivity index (χ0v) is 9.06. The van der Waals surface area contributed by atoms with Gasteiger partial charge in [0.2, 0.25) is 0 Å². The minimum absolute atomic E-state index is 0.148. The largest absolute Gasteiger partial charge is 0.497 e. The van der Waals surface area contributed by atoms with Gasteiger partial charge >= 0.3 is 5.97 Å². The molecule has 0 radical (unpaired) electrons. The summed E-state index contributed by atoms with van der Waals surface area (Å²) < 4.78 is 5.08. The van der Waals surface area contributed by atoms with Crippen molar-refractivity contribution in [3.8, 4) is 5.75 Å². The Hall–Kier alpha value is -1.55. The smallest absolute Gasteiger partial charge is 0.336 e. The molecule has 1 aliphatic carbocycles. The molecule has 86 valence electrons. The quantitative estimate of drug-likeness (QED) is 0.783. The lowest BCUT2D eigenvalue weighted by Crippen LogP contribution is -2.43. The maximum Gasteiger partial charge on any atom is 0.336 e. The first-order chi connectivity index (χ1) is 7.55. The first kappa shape index (κ1) is 11.0. The Morgan fingerprint density at radius 1 is 1.44 bits per heavy atom. The van der Waals surface area contributed by atoms with Crippen molar-refractivity contribution in [2.24, 2.45) is 0 Å². The van der Waals surface area contributed by atoms with Crippen LogP contribution in [0, 0.1) is 0 Å². The van der Waals surface area contributed by atoms with Crippen molar-refractivity contribution in [3.63, 3.8) is 0 Å². The number of benzene rings is 1. The molecule has 16 heavy (non-hydrogen) atoms. The Bertz CT molecular complexity index is 427. The van der Waals surface area contributed by atoms with E-state index in [0.717, 1.165) is 11.1 Å². The van der Waals surface area contributed by atoms with Crippen LogP contribution in [0.15, 0.2) is 18.2 Å². The highest BCUT2D eigenvalue weighted by atomic mass is 16.5. The summed E-state index contributed by atoms with van der Waals surface area (Å²) in [5.74, 6) is -0.464. The molecule has 0 heterocycles. The van der Waals surface area contributed by atoms with Gasteiger partial charge < -0.3 is 14.9 Å². The van der Waals surface area contributed by atoms with E-state index >= 15 is 0 Å². The van der Waals surface area contributed by atoms with Gasteiger partial charge in [-0.15, -0.1) is 0 Å². The topological polar surface area (TPSA) is 66.8 Å². The number of rotatable bonds is 2. The Balaban J connectivity index is 2.35. The van der Waals surface area contributed by atoms with Gasteiger partial charge in [-0.3, -0.25) is 0 Å². The van der Waals surface area contributed by atoms with E-state index in [9.17, 15) is 9.90 Å². The lowest BCUT2D eigenvalue weighted by atomic mass is 9.80.